The Labute approximate surface area is 122 Å². The van der Waals surface area contributed by atoms with E-state index in [0.29, 0.717) is 15.7 Å². The van der Waals surface area contributed by atoms with Crippen molar-refractivity contribution in [2.75, 3.05) is 11.1 Å². The first-order valence-electron chi connectivity index (χ1n) is 5.29. The Morgan fingerprint density at radius 1 is 1.32 bits per heavy atom. The second-order valence-electron chi connectivity index (χ2n) is 3.79. The average molecular weight is 344 g/mol. The van der Waals surface area contributed by atoms with Crippen LogP contribution in [0.15, 0.2) is 40.9 Å². The largest absolute Gasteiger partial charge is 0.398 e. The van der Waals surface area contributed by atoms with Crippen molar-refractivity contribution < 1.29 is 9.18 Å². The van der Waals surface area contributed by atoms with Crippen LogP contribution in [0, 0.1) is 5.82 Å². The molecule has 2 rings (SSSR count). The van der Waals surface area contributed by atoms with Crippen molar-refractivity contribution in [3.8, 4) is 0 Å². The third-order valence-electron chi connectivity index (χ3n) is 2.46. The number of hydrogen-bond donors (Lipinski definition) is 2. The first kappa shape index (κ1) is 13.8. The van der Waals surface area contributed by atoms with E-state index >= 15 is 0 Å². The lowest BCUT2D eigenvalue weighted by Gasteiger charge is -2.09. The molecule has 98 valence electrons. The summed E-state index contributed by atoms with van der Waals surface area (Å²) in [5, 5.41) is 2.56. The maximum Gasteiger partial charge on any atom is 0.255 e. The van der Waals surface area contributed by atoms with Gasteiger partial charge in [0.05, 0.1) is 10.7 Å². The lowest BCUT2D eigenvalue weighted by Crippen LogP contribution is -2.13. The van der Waals surface area contributed by atoms with Gasteiger partial charge in [0.15, 0.2) is 0 Å². The molecule has 0 atom stereocenters. The van der Waals surface area contributed by atoms with Gasteiger partial charge in [0.2, 0.25) is 0 Å². The summed E-state index contributed by atoms with van der Waals surface area (Å²) >= 11 is 9.06. The molecule has 19 heavy (non-hydrogen) atoms. The van der Waals surface area contributed by atoms with E-state index in [9.17, 15) is 9.18 Å². The highest BCUT2D eigenvalue weighted by Gasteiger charge is 2.13. The van der Waals surface area contributed by atoms with Gasteiger partial charge in [-0.3, -0.25) is 4.79 Å². The highest BCUT2D eigenvalue weighted by atomic mass is 79.9. The van der Waals surface area contributed by atoms with Crippen molar-refractivity contribution in [3.05, 3.63) is 57.3 Å². The van der Waals surface area contributed by atoms with Crippen LogP contribution in [0.1, 0.15) is 10.4 Å². The van der Waals surface area contributed by atoms with Crippen molar-refractivity contribution in [2.45, 2.75) is 0 Å². The molecule has 0 aliphatic carbocycles. The first-order chi connectivity index (χ1) is 8.99. The van der Waals surface area contributed by atoms with Gasteiger partial charge in [-0.25, -0.2) is 4.39 Å². The second-order valence-corrected chi connectivity index (χ2v) is 5.05. The quantitative estimate of drug-likeness (QED) is 0.807. The number of rotatable bonds is 2. The van der Waals surface area contributed by atoms with E-state index in [4.69, 9.17) is 17.3 Å². The number of carbonyl (C=O) groups is 1. The van der Waals surface area contributed by atoms with Gasteiger partial charge < -0.3 is 11.1 Å². The number of carbonyl (C=O) groups excluding carboxylic acids is 1. The molecule has 0 unspecified atom stereocenters. The summed E-state index contributed by atoms with van der Waals surface area (Å²) in [5.41, 5.74) is 6.38. The van der Waals surface area contributed by atoms with Gasteiger partial charge in [-0.05, 0) is 46.3 Å². The minimum atomic E-state index is -0.592. The van der Waals surface area contributed by atoms with Crippen molar-refractivity contribution in [2.24, 2.45) is 0 Å². The Hall–Kier alpha value is -1.59. The Morgan fingerprint density at radius 2 is 2.05 bits per heavy atom. The smallest absolute Gasteiger partial charge is 0.255 e. The third kappa shape index (κ3) is 3.05. The molecule has 2 aromatic rings. The van der Waals surface area contributed by atoms with E-state index in [2.05, 4.69) is 21.2 Å². The van der Waals surface area contributed by atoms with Crippen LogP contribution in [0.25, 0.3) is 0 Å². The minimum Gasteiger partial charge on any atom is -0.398 e. The van der Waals surface area contributed by atoms with Gasteiger partial charge in [-0.1, -0.05) is 17.7 Å². The van der Waals surface area contributed by atoms with Crippen LogP contribution < -0.4 is 11.1 Å². The van der Waals surface area contributed by atoms with Crippen molar-refractivity contribution in [1.29, 1.82) is 0 Å². The van der Waals surface area contributed by atoms with Crippen LogP contribution in [0.3, 0.4) is 0 Å². The molecule has 0 heterocycles. The summed E-state index contributed by atoms with van der Waals surface area (Å²) in [6.45, 7) is 0. The van der Waals surface area contributed by atoms with E-state index in [1.54, 1.807) is 12.1 Å². The number of para-hydroxylation sites is 1. The fraction of sp³-hybridized carbons (Fsp3) is 0. The van der Waals surface area contributed by atoms with Gasteiger partial charge in [0.1, 0.15) is 5.82 Å². The maximum atomic E-state index is 13.5. The molecule has 0 spiro atoms. The zero-order valence-electron chi connectivity index (χ0n) is 9.58. The Morgan fingerprint density at radius 3 is 2.68 bits per heavy atom. The highest BCUT2D eigenvalue weighted by molar-refractivity contribution is 9.10. The zero-order valence-corrected chi connectivity index (χ0v) is 11.9. The molecule has 3 N–H and O–H groups in total. The zero-order chi connectivity index (χ0) is 14.0. The molecule has 2 aromatic carbocycles. The minimum absolute atomic E-state index is 0.0457. The second kappa shape index (κ2) is 5.59. The van der Waals surface area contributed by atoms with Crippen molar-refractivity contribution in [1.82, 2.24) is 0 Å². The molecule has 6 heteroatoms. The molecule has 0 fully saturated rings. The summed E-state index contributed by atoms with van der Waals surface area (Å²) in [6.07, 6.45) is 0. The number of amides is 1. The molecular formula is C13H9BrClFN2O. The van der Waals surface area contributed by atoms with Crippen LogP contribution in [-0.4, -0.2) is 5.91 Å². The summed E-state index contributed by atoms with van der Waals surface area (Å²) in [6, 6.07) is 8.89. The highest BCUT2D eigenvalue weighted by Crippen LogP contribution is 2.26. The molecule has 0 aliphatic heterocycles. The molecule has 0 aromatic heterocycles. The van der Waals surface area contributed by atoms with Gasteiger partial charge in [-0.15, -0.1) is 0 Å². The summed E-state index contributed by atoms with van der Waals surface area (Å²) in [7, 11) is 0. The number of nitrogens with two attached hydrogens (primary N) is 1. The van der Waals surface area contributed by atoms with Gasteiger partial charge >= 0.3 is 0 Å². The number of benzene rings is 2. The monoisotopic (exact) mass is 342 g/mol. The molecule has 0 bridgehead atoms. The number of halogens is 3. The van der Waals surface area contributed by atoms with Crippen LogP contribution in [-0.2, 0) is 0 Å². The van der Waals surface area contributed by atoms with Crippen molar-refractivity contribution >= 4 is 44.8 Å². The predicted molar refractivity (Wildman–Crippen MR) is 77.9 cm³/mol. The number of nitrogen functional groups attached to an aromatic ring is 1. The van der Waals surface area contributed by atoms with E-state index in [0.717, 1.165) is 0 Å². The number of nitrogens with one attached hydrogen (secondary N) is 1. The summed E-state index contributed by atoms with van der Waals surface area (Å²) in [4.78, 5) is 12.0. The van der Waals surface area contributed by atoms with E-state index in [1.165, 1.54) is 24.3 Å². The average Bonchev–Trinajstić information content (AvgIpc) is 2.37. The molecule has 3 nitrogen and oxygen atoms in total. The molecule has 0 saturated heterocycles. The van der Waals surface area contributed by atoms with E-state index in [-0.39, 0.29) is 10.7 Å². The first-order valence-corrected chi connectivity index (χ1v) is 6.46. The summed E-state index contributed by atoms with van der Waals surface area (Å²) < 4.78 is 14.2. The maximum absolute atomic E-state index is 13.5. The molecule has 1 amide bonds. The fourth-order valence-electron chi connectivity index (χ4n) is 1.49. The standard InChI is InChI=1S/C13H9BrClFN2O/c14-8-5-4-7(6-11(8)17)13(19)18-12-9(15)2-1-3-10(12)16/h1-6H,17H2,(H,18,19). The van der Waals surface area contributed by atoms with Gasteiger partial charge in [-0.2, -0.15) is 0 Å². The normalized spacial score (nSPS) is 10.3. The Bertz CT molecular complexity index is 628. The lowest BCUT2D eigenvalue weighted by atomic mass is 10.2. The van der Waals surface area contributed by atoms with Crippen LogP contribution in [0.2, 0.25) is 5.02 Å². The fourth-order valence-corrected chi connectivity index (χ4v) is 1.94. The van der Waals surface area contributed by atoms with Crippen LogP contribution >= 0.6 is 27.5 Å². The third-order valence-corrected chi connectivity index (χ3v) is 3.50. The predicted octanol–water partition coefficient (Wildman–Crippen LogP) is 4.08. The Kier molecular flexibility index (Phi) is 4.07. The van der Waals surface area contributed by atoms with E-state index in [1.807, 2.05) is 0 Å². The summed E-state index contributed by atoms with van der Waals surface area (Å²) in [5.74, 6) is -1.07. The molecule has 0 radical (unpaired) electrons. The molecular weight excluding hydrogens is 335 g/mol. The number of anilines is 2. The van der Waals surface area contributed by atoms with Gasteiger partial charge in [0.25, 0.3) is 5.91 Å². The SMILES string of the molecule is Nc1cc(C(=O)Nc2c(F)cccc2Cl)ccc1Br. The van der Waals surface area contributed by atoms with Crippen LogP contribution in [0.4, 0.5) is 15.8 Å². The van der Waals surface area contributed by atoms with E-state index < -0.39 is 11.7 Å². The Balaban J connectivity index is 2.28. The molecule has 0 saturated carbocycles. The number of hydrogen-bond acceptors (Lipinski definition) is 2. The van der Waals surface area contributed by atoms with Gasteiger partial charge in [0, 0.05) is 15.7 Å². The van der Waals surface area contributed by atoms with Crippen LogP contribution in [0.5, 0.6) is 0 Å². The molecule has 0 aliphatic rings. The lowest BCUT2D eigenvalue weighted by molar-refractivity contribution is 0.102. The van der Waals surface area contributed by atoms with Crippen molar-refractivity contribution in [3.63, 3.8) is 0 Å². The topological polar surface area (TPSA) is 55.1 Å².